The van der Waals surface area contributed by atoms with E-state index in [-0.39, 0.29) is 22.9 Å². The zero-order valence-corrected chi connectivity index (χ0v) is 22.9. The number of carbonyl (C=O) groups excluding carboxylic acids is 2. The summed E-state index contributed by atoms with van der Waals surface area (Å²) in [4.78, 5) is 29.0. The van der Waals surface area contributed by atoms with E-state index in [1.54, 1.807) is 0 Å². The van der Waals surface area contributed by atoms with Crippen LogP contribution in [0.1, 0.15) is 34.1 Å². The Balaban J connectivity index is 0.000000158. The minimum Gasteiger partial charge on any atom is -0.344 e. The lowest BCUT2D eigenvalue weighted by Gasteiger charge is -2.34. The van der Waals surface area contributed by atoms with Crippen LogP contribution < -0.4 is 15.1 Å². The molecule has 0 fully saturated rings. The first-order valence-electron chi connectivity index (χ1n) is 12.6. The molecule has 0 saturated carbocycles. The number of carbonyl (C=O) groups is 2. The van der Waals surface area contributed by atoms with E-state index in [4.69, 9.17) is 6.42 Å². The van der Waals surface area contributed by atoms with Crippen LogP contribution in [0.3, 0.4) is 0 Å². The van der Waals surface area contributed by atoms with Crippen LogP contribution in [0.25, 0.3) is 0 Å². The normalized spacial score (nSPS) is 13.5. The van der Waals surface area contributed by atoms with Crippen molar-refractivity contribution < 1.29 is 9.59 Å². The van der Waals surface area contributed by atoms with Gasteiger partial charge < -0.3 is 9.80 Å². The third-order valence-corrected chi connectivity index (χ3v) is 7.97. The van der Waals surface area contributed by atoms with Crippen molar-refractivity contribution in [1.29, 1.82) is 0 Å². The van der Waals surface area contributed by atoms with Crippen LogP contribution in [0.4, 0.5) is 22.7 Å². The van der Waals surface area contributed by atoms with Gasteiger partial charge in [-0.15, -0.1) is 0 Å². The number of para-hydroxylation sites is 4. The molecule has 194 valence electrons. The van der Waals surface area contributed by atoms with Gasteiger partial charge in [0.1, 0.15) is 0 Å². The lowest BCUT2D eigenvalue weighted by molar-refractivity contribution is -0.120. The zero-order chi connectivity index (χ0) is 27.5. The molecule has 0 saturated heterocycles. The minimum absolute atomic E-state index is 0.154. The maximum Gasteiger partial charge on any atom is 0.243 e. The van der Waals surface area contributed by atoms with Crippen molar-refractivity contribution in [1.82, 2.24) is 5.32 Å². The Morgan fingerprint density at radius 3 is 1.33 bits per heavy atom. The predicted octanol–water partition coefficient (Wildman–Crippen LogP) is 6.40. The van der Waals surface area contributed by atoms with Crippen molar-refractivity contribution in [2.75, 3.05) is 30.2 Å². The summed E-state index contributed by atoms with van der Waals surface area (Å²) in [7, 11) is 4.06. The van der Waals surface area contributed by atoms with Gasteiger partial charge >= 0.3 is 0 Å². The number of nitrogens with one attached hydrogen (secondary N) is 1. The molecule has 1 N–H and O–H groups in total. The molecule has 0 spiro atoms. The van der Waals surface area contributed by atoms with Gasteiger partial charge in [0, 0.05) is 42.9 Å². The molecular weight excluding hydrogens is 502 g/mol. The van der Waals surface area contributed by atoms with Crippen LogP contribution in [0.15, 0.2) is 97.1 Å². The molecule has 39 heavy (non-hydrogen) atoms. The molecule has 5 nitrogen and oxygen atoms in total. The topological polar surface area (TPSA) is 52.7 Å². The fourth-order valence-electron chi connectivity index (χ4n) is 5.54. The van der Waals surface area contributed by atoms with E-state index >= 15 is 0 Å². The number of fused-ring (bicyclic) bond motifs is 4. The predicted molar refractivity (Wildman–Crippen MR) is 161 cm³/mol. The standard InChI is InChI=1S/C17H14N2O.C16H15NOS/c1-3-18-17(20)16-12-8-4-6-10-14(12)19(2)15-11-7-5-9-13(15)16;1-17-13-9-5-3-7-11(13)15(16(18)19-2)12-8-4-6-10-14(12)17/h1,4-11,16H,2H3,(H,18,20);3-10,15H,1-2H3. The SMILES string of the molecule is C#CNC(=O)C1c2ccccc2N(C)c2ccccc21.CSC(=O)C1c2ccccc2N(C)c2ccccc21. The average Bonchev–Trinajstić information content (AvgIpc) is 2.98. The third kappa shape index (κ3) is 4.67. The number of hydrogen-bond acceptors (Lipinski definition) is 5. The van der Waals surface area contributed by atoms with E-state index in [1.807, 2.05) is 86.1 Å². The highest BCUT2D eigenvalue weighted by atomic mass is 32.2. The zero-order valence-electron chi connectivity index (χ0n) is 22.1. The largest absolute Gasteiger partial charge is 0.344 e. The first kappa shape index (κ1) is 26.1. The number of amides is 1. The first-order chi connectivity index (χ1) is 19.0. The molecule has 6 heteroatoms. The van der Waals surface area contributed by atoms with Crippen molar-refractivity contribution >= 4 is 45.5 Å². The molecule has 0 bridgehead atoms. The molecule has 0 aromatic heterocycles. The van der Waals surface area contributed by atoms with Crippen molar-refractivity contribution in [2.24, 2.45) is 0 Å². The Kier molecular flexibility index (Phi) is 7.44. The van der Waals surface area contributed by atoms with Gasteiger partial charge in [-0.3, -0.25) is 14.9 Å². The summed E-state index contributed by atoms with van der Waals surface area (Å²) in [6.07, 6.45) is 7.06. The van der Waals surface area contributed by atoms with E-state index < -0.39 is 0 Å². The molecule has 0 radical (unpaired) electrons. The number of hydrogen-bond donors (Lipinski definition) is 1. The molecule has 0 aliphatic carbocycles. The second-order valence-corrected chi connectivity index (χ2v) is 10.2. The Labute approximate surface area is 233 Å². The quantitative estimate of drug-likeness (QED) is 0.240. The smallest absolute Gasteiger partial charge is 0.243 e. The summed E-state index contributed by atoms with van der Waals surface area (Å²) in [5.74, 6) is -0.686. The van der Waals surface area contributed by atoms with Gasteiger partial charge in [-0.25, -0.2) is 0 Å². The fourth-order valence-corrected chi connectivity index (χ4v) is 6.03. The molecule has 2 heterocycles. The number of thioether (sulfide) groups is 1. The van der Waals surface area contributed by atoms with E-state index in [9.17, 15) is 9.59 Å². The van der Waals surface area contributed by atoms with Gasteiger partial charge in [-0.05, 0) is 52.8 Å². The third-order valence-electron chi connectivity index (χ3n) is 7.33. The summed E-state index contributed by atoms with van der Waals surface area (Å²) >= 11 is 1.30. The van der Waals surface area contributed by atoms with Crippen molar-refractivity contribution in [3.63, 3.8) is 0 Å². The fraction of sp³-hybridized carbons (Fsp3) is 0.152. The Hall–Kier alpha value is -4.47. The number of anilines is 4. The first-order valence-corrected chi connectivity index (χ1v) is 13.9. The minimum atomic E-state index is -0.366. The maximum atomic E-state index is 12.4. The molecule has 0 atom stereocenters. The molecule has 1 amide bonds. The van der Waals surface area contributed by atoms with Crippen LogP contribution in [-0.2, 0) is 9.59 Å². The van der Waals surface area contributed by atoms with Crippen LogP contribution in [0, 0.1) is 12.5 Å². The molecule has 6 rings (SSSR count). The van der Waals surface area contributed by atoms with Crippen molar-refractivity contribution in [3.8, 4) is 12.5 Å². The maximum absolute atomic E-state index is 12.4. The summed E-state index contributed by atoms with van der Waals surface area (Å²) in [5, 5.41) is 2.68. The van der Waals surface area contributed by atoms with Gasteiger partial charge in [-0.2, -0.15) is 0 Å². The molecule has 2 aliphatic rings. The van der Waals surface area contributed by atoms with Crippen molar-refractivity contribution in [2.45, 2.75) is 11.8 Å². The van der Waals surface area contributed by atoms with Gasteiger partial charge in [0.05, 0.1) is 11.8 Å². The molecule has 4 aromatic carbocycles. The average molecular weight is 532 g/mol. The van der Waals surface area contributed by atoms with E-state index in [1.165, 1.54) is 11.8 Å². The molecule has 0 unspecified atom stereocenters. The van der Waals surface area contributed by atoms with Gasteiger partial charge in [0.25, 0.3) is 0 Å². The number of rotatable bonds is 2. The van der Waals surface area contributed by atoms with Gasteiger partial charge in [-0.1, -0.05) is 91.0 Å². The van der Waals surface area contributed by atoms with Gasteiger partial charge in [0.15, 0.2) is 0 Å². The van der Waals surface area contributed by atoms with Crippen LogP contribution in [0.5, 0.6) is 0 Å². The summed E-state index contributed by atoms with van der Waals surface area (Å²) < 4.78 is 0. The lowest BCUT2D eigenvalue weighted by atomic mass is 9.84. The van der Waals surface area contributed by atoms with E-state index in [0.29, 0.717) is 0 Å². The van der Waals surface area contributed by atoms with E-state index in [2.05, 4.69) is 52.5 Å². The number of benzene rings is 4. The second-order valence-electron chi connectivity index (χ2n) is 9.38. The number of nitrogens with zero attached hydrogens (tertiary/aromatic N) is 2. The molecule has 2 aliphatic heterocycles. The highest BCUT2D eigenvalue weighted by molar-refractivity contribution is 8.13. The Morgan fingerprint density at radius 1 is 0.667 bits per heavy atom. The van der Waals surface area contributed by atoms with Crippen molar-refractivity contribution in [3.05, 3.63) is 119 Å². The van der Waals surface area contributed by atoms with Crippen LogP contribution >= 0.6 is 11.8 Å². The molecule has 4 aromatic rings. The lowest BCUT2D eigenvalue weighted by Crippen LogP contribution is -2.31. The monoisotopic (exact) mass is 531 g/mol. The Bertz CT molecular complexity index is 1500. The second kappa shape index (κ2) is 11.1. The van der Waals surface area contributed by atoms with Crippen LogP contribution in [-0.4, -0.2) is 31.4 Å². The summed E-state index contributed by atoms with van der Waals surface area (Å²) in [6.45, 7) is 0. The van der Waals surface area contributed by atoms with Crippen LogP contribution in [0.2, 0.25) is 0 Å². The highest BCUT2D eigenvalue weighted by Gasteiger charge is 2.34. The molecular formula is C33H29N3O2S. The Morgan fingerprint density at radius 2 is 1.00 bits per heavy atom. The summed E-state index contributed by atoms with van der Waals surface area (Å²) in [6, 6.07) is 34.3. The summed E-state index contributed by atoms with van der Waals surface area (Å²) in [5.41, 5.74) is 8.45. The number of terminal acetylenes is 1. The highest BCUT2D eigenvalue weighted by Crippen LogP contribution is 2.46. The van der Waals surface area contributed by atoms with Gasteiger partial charge in [0.2, 0.25) is 11.0 Å². The van der Waals surface area contributed by atoms with E-state index in [0.717, 1.165) is 45.0 Å².